The quantitative estimate of drug-likeness (QED) is 0.722. The molecule has 1 aromatic carbocycles. The van der Waals surface area contributed by atoms with Crippen LogP contribution in [-0.2, 0) is 19.1 Å². The number of benzene rings is 1. The van der Waals surface area contributed by atoms with E-state index < -0.39 is 28.2 Å². The van der Waals surface area contributed by atoms with Crippen molar-refractivity contribution in [2.24, 2.45) is 0 Å². The summed E-state index contributed by atoms with van der Waals surface area (Å²) in [6, 6.07) is 5.45. The SMILES string of the molecule is Cc1cc(C(=O)N2CCS(=O)(=O)CC2)ccc1B1OC(C)(C)C(C)(C)O1. The highest BCUT2D eigenvalue weighted by Gasteiger charge is 2.52. The van der Waals surface area contributed by atoms with Crippen LogP contribution in [0, 0.1) is 6.92 Å². The average Bonchev–Trinajstić information content (AvgIpc) is 2.74. The molecular weight excluding hydrogens is 353 g/mol. The summed E-state index contributed by atoms with van der Waals surface area (Å²) in [6.45, 7) is 10.4. The van der Waals surface area contributed by atoms with Crippen LogP contribution in [0.3, 0.4) is 0 Å². The maximum atomic E-state index is 12.7. The van der Waals surface area contributed by atoms with E-state index in [1.54, 1.807) is 11.0 Å². The molecule has 0 atom stereocenters. The number of carbonyl (C=O) groups excluding carboxylic acids is 1. The molecule has 142 valence electrons. The number of rotatable bonds is 2. The van der Waals surface area contributed by atoms with E-state index in [1.165, 1.54) is 0 Å². The second-order valence-electron chi connectivity index (χ2n) is 8.10. The van der Waals surface area contributed by atoms with E-state index in [9.17, 15) is 13.2 Å². The van der Waals surface area contributed by atoms with Gasteiger partial charge in [0.25, 0.3) is 5.91 Å². The van der Waals surface area contributed by atoms with Crippen LogP contribution in [0.15, 0.2) is 18.2 Å². The molecular formula is C18H26BNO5S. The Bertz CT molecular complexity index is 804. The van der Waals surface area contributed by atoms with Gasteiger partial charge in [0.15, 0.2) is 9.84 Å². The number of aryl methyl sites for hydroxylation is 1. The van der Waals surface area contributed by atoms with Crippen molar-refractivity contribution in [3.8, 4) is 0 Å². The van der Waals surface area contributed by atoms with Gasteiger partial charge < -0.3 is 14.2 Å². The molecule has 3 rings (SSSR count). The third kappa shape index (κ3) is 3.55. The lowest BCUT2D eigenvalue weighted by Gasteiger charge is -2.32. The Balaban J connectivity index is 1.77. The van der Waals surface area contributed by atoms with Gasteiger partial charge in [-0.25, -0.2) is 8.42 Å². The molecule has 0 spiro atoms. The standard InChI is InChI=1S/C18H26BNO5S/c1-13-12-14(16(21)20-8-10-26(22,23)11-9-20)6-7-15(13)19-24-17(2,3)18(4,5)25-19/h6-7,12H,8-11H2,1-5H3. The fourth-order valence-corrected chi connectivity index (χ4v) is 4.34. The molecule has 2 saturated heterocycles. The number of sulfone groups is 1. The summed E-state index contributed by atoms with van der Waals surface area (Å²) in [5.41, 5.74) is 1.54. The summed E-state index contributed by atoms with van der Waals surface area (Å²) in [4.78, 5) is 14.3. The molecule has 2 fully saturated rings. The first-order chi connectivity index (χ1) is 11.9. The molecule has 6 nitrogen and oxygen atoms in total. The fourth-order valence-electron chi connectivity index (χ4n) is 3.14. The molecule has 26 heavy (non-hydrogen) atoms. The molecule has 0 bridgehead atoms. The lowest BCUT2D eigenvalue weighted by atomic mass is 9.76. The zero-order chi connectivity index (χ0) is 19.3. The molecule has 0 aliphatic carbocycles. The summed E-state index contributed by atoms with van der Waals surface area (Å²) < 4.78 is 35.3. The van der Waals surface area contributed by atoms with Crippen molar-refractivity contribution in [1.82, 2.24) is 4.90 Å². The van der Waals surface area contributed by atoms with E-state index >= 15 is 0 Å². The number of amides is 1. The molecule has 1 aromatic rings. The average molecular weight is 379 g/mol. The van der Waals surface area contributed by atoms with Gasteiger partial charge in [-0.15, -0.1) is 0 Å². The summed E-state index contributed by atoms with van der Waals surface area (Å²) >= 11 is 0. The van der Waals surface area contributed by atoms with E-state index in [0.717, 1.165) is 11.0 Å². The van der Waals surface area contributed by atoms with Crippen LogP contribution in [0.1, 0.15) is 43.6 Å². The van der Waals surface area contributed by atoms with E-state index in [0.29, 0.717) is 5.56 Å². The molecule has 0 radical (unpaired) electrons. The number of hydrogen-bond acceptors (Lipinski definition) is 5. The van der Waals surface area contributed by atoms with Crippen molar-refractivity contribution in [3.63, 3.8) is 0 Å². The van der Waals surface area contributed by atoms with Crippen LogP contribution in [0.2, 0.25) is 0 Å². The Morgan fingerprint density at radius 3 is 2.12 bits per heavy atom. The molecule has 1 amide bonds. The van der Waals surface area contributed by atoms with Crippen LogP contribution in [0.25, 0.3) is 0 Å². The minimum atomic E-state index is -3.01. The smallest absolute Gasteiger partial charge is 0.399 e. The summed E-state index contributed by atoms with van der Waals surface area (Å²) in [7, 11) is -3.47. The van der Waals surface area contributed by atoms with Gasteiger partial charge in [0.1, 0.15) is 0 Å². The van der Waals surface area contributed by atoms with Crippen molar-refractivity contribution in [1.29, 1.82) is 0 Å². The maximum absolute atomic E-state index is 12.7. The summed E-state index contributed by atoms with van der Waals surface area (Å²) in [5.74, 6) is -0.0727. The van der Waals surface area contributed by atoms with E-state index in [1.807, 2.05) is 46.8 Å². The fraction of sp³-hybridized carbons (Fsp3) is 0.611. The molecule has 8 heteroatoms. The molecule has 2 aliphatic rings. The van der Waals surface area contributed by atoms with E-state index in [2.05, 4.69) is 0 Å². The third-order valence-corrected chi connectivity index (χ3v) is 7.26. The predicted octanol–water partition coefficient (Wildman–Crippen LogP) is 1.16. The minimum Gasteiger partial charge on any atom is -0.399 e. The van der Waals surface area contributed by atoms with Gasteiger partial charge >= 0.3 is 7.12 Å². The maximum Gasteiger partial charge on any atom is 0.495 e. The number of nitrogens with zero attached hydrogens (tertiary/aromatic N) is 1. The third-order valence-electron chi connectivity index (χ3n) is 5.66. The first-order valence-corrected chi connectivity index (χ1v) is 10.7. The molecule has 0 unspecified atom stereocenters. The van der Waals surface area contributed by atoms with Crippen molar-refractivity contribution in [2.45, 2.75) is 45.8 Å². The highest BCUT2D eigenvalue weighted by Crippen LogP contribution is 2.36. The van der Waals surface area contributed by atoms with E-state index in [4.69, 9.17) is 9.31 Å². The Morgan fingerprint density at radius 1 is 1.08 bits per heavy atom. The molecule has 2 heterocycles. The topological polar surface area (TPSA) is 72.9 Å². The van der Waals surface area contributed by atoms with Gasteiger partial charge in [0, 0.05) is 18.7 Å². The van der Waals surface area contributed by atoms with Gasteiger partial charge in [0.2, 0.25) is 0 Å². The number of hydrogen-bond donors (Lipinski definition) is 0. The van der Waals surface area contributed by atoms with Gasteiger partial charge in [-0.1, -0.05) is 11.6 Å². The first-order valence-electron chi connectivity index (χ1n) is 8.88. The van der Waals surface area contributed by atoms with Crippen LogP contribution in [0.4, 0.5) is 0 Å². The molecule has 0 saturated carbocycles. The van der Waals surface area contributed by atoms with Gasteiger partial charge in [-0.05, 0) is 52.2 Å². The lowest BCUT2D eigenvalue weighted by molar-refractivity contribution is 0.00578. The highest BCUT2D eigenvalue weighted by atomic mass is 32.2. The molecule has 0 aromatic heterocycles. The largest absolute Gasteiger partial charge is 0.495 e. The lowest BCUT2D eigenvalue weighted by Crippen LogP contribution is -2.44. The molecule has 2 aliphatic heterocycles. The second-order valence-corrected chi connectivity index (χ2v) is 10.4. The Labute approximate surface area is 155 Å². The molecule has 0 N–H and O–H groups in total. The highest BCUT2D eigenvalue weighted by molar-refractivity contribution is 7.91. The van der Waals surface area contributed by atoms with Crippen molar-refractivity contribution < 1.29 is 22.5 Å². The number of carbonyl (C=O) groups is 1. The summed E-state index contributed by atoms with van der Waals surface area (Å²) in [6.07, 6.45) is 0. The van der Waals surface area contributed by atoms with Crippen LogP contribution < -0.4 is 5.46 Å². The van der Waals surface area contributed by atoms with Gasteiger partial charge in [0.05, 0.1) is 22.7 Å². The summed E-state index contributed by atoms with van der Waals surface area (Å²) in [5, 5.41) is 0. The Hall–Kier alpha value is -1.38. The van der Waals surface area contributed by atoms with Gasteiger partial charge in [-0.2, -0.15) is 0 Å². The van der Waals surface area contributed by atoms with Crippen molar-refractivity contribution in [2.75, 3.05) is 24.6 Å². The first kappa shape index (κ1) is 19.4. The zero-order valence-corrected chi connectivity index (χ0v) is 16.9. The van der Waals surface area contributed by atoms with Crippen LogP contribution >= 0.6 is 0 Å². The van der Waals surface area contributed by atoms with Gasteiger partial charge in [-0.3, -0.25) is 4.79 Å². The van der Waals surface area contributed by atoms with E-state index in [-0.39, 0.29) is 30.5 Å². The Kier molecular flexibility index (Phi) is 4.74. The van der Waals surface area contributed by atoms with Crippen molar-refractivity contribution >= 4 is 28.3 Å². The second kappa shape index (κ2) is 6.35. The predicted molar refractivity (Wildman–Crippen MR) is 101 cm³/mol. The zero-order valence-electron chi connectivity index (χ0n) is 16.0. The van der Waals surface area contributed by atoms with Crippen LogP contribution in [0.5, 0.6) is 0 Å². The normalized spacial score (nSPS) is 23.9. The Morgan fingerprint density at radius 2 is 1.62 bits per heavy atom. The monoisotopic (exact) mass is 379 g/mol. The van der Waals surface area contributed by atoms with Crippen molar-refractivity contribution in [3.05, 3.63) is 29.3 Å². The minimum absolute atomic E-state index is 0.0315. The van der Waals surface area contributed by atoms with Crippen LogP contribution in [-0.4, -0.2) is 62.1 Å².